The molecule has 31 heavy (non-hydrogen) atoms. The number of aliphatic hydroxyl groups excluding tert-OH is 1. The summed E-state index contributed by atoms with van der Waals surface area (Å²) in [7, 11) is 0. The van der Waals surface area contributed by atoms with E-state index in [-0.39, 0.29) is 11.8 Å². The van der Waals surface area contributed by atoms with Crippen LogP contribution in [0.25, 0.3) is 16.6 Å². The number of nitrogens with zero attached hydrogens (tertiary/aromatic N) is 1. The third-order valence-electron chi connectivity index (χ3n) is 4.41. The molecule has 160 valence electrons. The van der Waals surface area contributed by atoms with E-state index in [4.69, 9.17) is 11.5 Å². The van der Waals surface area contributed by atoms with Crippen LogP contribution < -0.4 is 5.32 Å². The molecule has 1 aromatic carbocycles. The first kappa shape index (κ1) is 23.5. The number of carbonyl (C=O) groups is 1. The van der Waals surface area contributed by atoms with E-state index in [9.17, 15) is 9.90 Å². The number of allylic oxidation sites excluding steroid dienone is 4. The molecule has 1 heterocycles. The summed E-state index contributed by atoms with van der Waals surface area (Å²) >= 11 is 0. The molecular formula is C25H28N3O3+. The zero-order valence-corrected chi connectivity index (χ0v) is 17.5. The van der Waals surface area contributed by atoms with Gasteiger partial charge in [0.2, 0.25) is 5.91 Å². The normalized spacial score (nSPS) is 14.3. The van der Waals surface area contributed by atoms with Gasteiger partial charge >= 0.3 is 0 Å². The van der Waals surface area contributed by atoms with Crippen LogP contribution in [0.3, 0.4) is 0 Å². The number of terminal acetylenes is 1. The Morgan fingerprint density at radius 1 is 1.42 bits per heavy atom. The fourth-order valence-electron chi connectivity index (χ4n) is 2.82. The van der Waals surface area contributed by atoms with Gasteiger partial charge in [-0.05, 0) is 19.1 Å². The van der Waals surface area contributed by atoms with Gasteiger partial charge in [0.25, 0.3) is 5.75 Å². The smallest absolute Gasteiger partial charge is 0.256 e. The SMILES string of the molecule is C#CC/C=C(\C=C/CNC(=O)/C=C\C(C=C)C(O)/C=C\C)c1nc2ccc([OH2+])cc2[nH]1. The predicted molar refractivity (Wildman–Crippen MR) is 126 cm³/mol. The van der Waals surface area contributed by atoms with Gasteiger partial charge in [-0.1, -0.05) is 42.5 Å². The quantitative estimate of drug-likeness (QED) is 0.181. The van der Waals surface area contributed by atoms with Gasteiger partial charge < -0.3 is 20.5 Å². The molecule has 2 atom stereocenters. The van der Waals surface area contributed by atoms with Crippen molar-refractivity contribution in [2.24, 2.45) is 5.92 Å². The Labute approximate surface area is 182 Å². The Kier molecular flexibility index (Phi) is 9.09. The molecule has 2 aromatic rings. The fourth-order valence-corrected chi connectivity index (χ4v) is 2.82. The van der Waals surface area contributed by atoms with E-state index in [0.29, 0.717) is 24.5 Å². The van der Waals surface area contributed by atoms with Crippen molar-refractivity contribution in [2.45, 2.75) is 19.4 Å². The second-order valence-corrected chi connectivity index (χ2v) is 6.72. The predicted octanol–water partition coefficient (Wildman–Crippen LogP) is 3.38. The lowest BCUT2D eigenvalue weighted by molar-refractivity contribution is -0.116. The molecule has 0 saturated heterocycles. The molecule has 0 aliphatic rings. The van der Waals surface area contributed by atoms with Crippen LogP contribution in [0.2, 0.25) is 0 Å². The van der Waals surface area contributed by atoms with Crippen LogP contribution in [-0.2, 0) is 4.79 Å². The molecule has 1 amide bonds. The standard InChI is InChI=1S/C25H27N3O3/c1-4-7-10-19(25-27-21-14-13-20(29)17-22(21)28-25)11-8-16-26-24(31)15-12-18(6-3)23(30)9-5-2/h1,5-6,8-15,17-18,23,29-30H,3,7,16H2,2H3,(H,26,31)(H,27,28)/p+1/b9-5-,11-8-,15-12-,19-10+. The van der Waals surface area contributed by atoms with Gasteiger partial charge in [-0.2, -0.15) is 0 Å². The van der Waals surface area contributed by atoms with Crippen molar-refractivity contribution in [3.8, 4) is 18.1 Å². The van der Waals surface area contributed by atoms with Crippen molar-refractivity contribution in [1.82, 2.24) is 15.3 Å². The minimum Gasteiger partial charge on any atom is -0.593 e. The molecule has 0 aliphatic carbocycles. The lowest BCUT2D eigenvalue weighted by Gasteiger charge is -2.11. The monoisotopic (exact) mass is 418 g/mol. The number of H-pyrrole nitrogens is 1. The highest BCUT2D eigenvalue weighted by Gasteiger charge is 2.10. The number of aromatic amines is 1. The van der Waals surface area contributed by atoms with E-state index in [1.165, 1.54) is 6.08 Å². The van der Waals surface area contributed by atoms with Crippen LogP contribution in [0, 0.1) is 18.3 Å². The van der Waals surface area contributed by atoms with Gasteiger partial charge in [-0.25, -0.2) is 4.98 Å². The number of aromatic nitrogens is 2. The number of benzene rings is 1. The first-order chi connectivity index (χ1) is 15.0. The van der Waals surface area contributed by atoms with Gasteiger partial charge in [0.1, 0.15) is 5.82 Å². The topological polar surface area (TPSA) is 101 Å². The summed E-state index contributed by atoms with van der Waals surface area (Å²) in [4.78, 5) is 19.8. The van der Waals surface area contributed by atoms with Crippen LogP contribution in [-0.4, -0.2) is 38.7 Å². The van der Waals surface area contributed by atoms with Crippen LogP contribution in [0.1, 0.15) is 19.2 Å². The van der Waals surface area contributed by atoms with Crippen LogP contribution in [0.15, 0.2) is 73.4 Å². The van der Waals surface area contributed by atoms with Crippen molar-refractivity contribution in [3.05, 3.63) is 79.2 Å². The van der Waals surface area contributed by atoms with E-state index in [0.717, 1.165) is 16.6 Å². The third-order valence-corrected chi connectivity index (χ3v) is 4.41. The van der Waals surface area contributed by atoms with Gasteiger partial charge in [-0.3, -0.25) is 4.79 Å². The fraction of sp³-hybridized carbons (Fsp3) is 0.200. The van der Waals surface area contributed by atoms with Gasteiger partial charge in [0, 0.05) is 30.5 Å². The highest BCUT2D eigenvalue weighted by atomic mass is 16.3. The molecule has 2 rings (SSSR count). The van der Waals surface area contributed by atoms with E-state index in [2.05, 4.69) is 27.8 Å². The molecule has 2 unspecified atom stereocenters. The Morgan fingerprint density at radius 2 is 2.23 bits per heavy atom. The van der Waals surface area contributed by atoms with Crippen molar-refractivity contribution >= 4 is 22.5 Å². The summed E-state index contributed by atoms with van der Waals surface area (Å²) < 4.78 is 0. The minimum absolute atomic E-state index is 0.273. The maximum Gasteiger partial charge on any atom is 0.256 e. The summed E-state index contributed by atoms with van der Waals surface area (Å²) in [5.41, 5.74) is 2.34. The number of nitrogens with one attached hydrogen (secondary N) is 2. The van der Waals surface area contributed by atoms with Gasteiger partial charge in [-0.15, -0.1) is 18.9 Å². The molecule has 0 bridgehead atoms. The number of amides is 1. The lowest BCUT2D eigenvalue weighted by atomic mass is 10.0. The Balaban J connectivity index is 2.01. The molecule has 5 N–H and O–H groups in total. The molecule has 0 aliphatic heterocycles. The van der Waals surface area contributed by atoms with E-state index >= 15 is 0 Å². The molecular weight excluding hydrogens is 390 g/mol. The molecule has 6 nitrogen and oxygen atoms in total. The maximum atomic E-state index is 12.0. The average Bonchev–Trinajstić information content (AvgIpc) is 3.16. The maximum absolute atomic E-state index is 12.0. The number of hydrogen-bond acceptors (Lipinski definition) is 3. The van der Waals surface area contributed by atoms with Crippen molar-refractivity contribution in [1.29, 1.82) is 0 Å². The molecule has 6 heteroatoms. The summed E-state index contributed by atoms with van der Waals surface area (Å²) in [6.45, 7) is 5.81. The number of carbonyl (C=O) groups excluding carboxylic acids is 1. The number of hydrogen-bond donors (Lipinski definition) is 3. The molecule has 1 aromatic heterocycles. The summed E-state index contributed by atoms with van der Waals surface area (Å²) in [5, 5.41) is 20.4. The zero-order chi connectivity index (χ0) is 22.6. The average molecular weight is 419 g/mol. The number of aliphatic hydroxyl groups is 1. The van der Waals surface area contributed by atoms with Crippen LogP contribution in [0.5, 0.6) is 5.75 Å². The minimum atomic E-state index is -0.717. The van der Waals surface area contributed by atoms with Gasteiger partial charge in [0.15, 0.2) is 0 Å². The molecule has 0 radical (unpaired) electrons. The number of imidazole rings is 1. The Hall–Kier alpha value is -3.82. The molecule has 0 saturated carbocycles. The molecule has 0 spiro atoms. The summed E-state index contributed by atoms with van der Waals surface area (Å²) in [6, 6.07) is 5.19. The van der Waals surface area contributed by atoms with E-state index < -0.39 is 6.10 Å². The van der Waals surface area contributed by atoms with Crippen molar-refractivity contribution in [2.75, 3.05) is 6.54 Å². The highest BCUT2D eigenvalue weighted by molar-refractivity contribution is 5.87. The highest BCUT2D eigenvalue weighted by Crippen LogP contribution is 2.22. The van der Waals surface area contributed by atoms with Crippen LogP contribution >= 0.6 is 0 Å². The number of rotatable bonds is 10. The Morgan fingerprint density at radius 3 is 2.94 bits per heavy atom. The summed E-state index contributed by atoms with van der Waals surface area (Å²) in [5.74, 6) is 3.01. The zero-order valence-electron chi connectivity index (χ0n) is 17.5. The third kappa shape index (κ3) is 7.18. The van der Waals surface area contributed by atoms with Crippen molar-refractivity contribution < 1.29 is 15.0 Å². The van der Waals surface area contributed by atoms with E-state index in [1.54, 1.807) is 48.6 Å². The van der Waals surface area contributed by atoms with Crippen molar-refractivity contribution in [3.63, 3.8) is 0 Å². The van der Waals surface area contributed by atoms with Crippen LogP contribution in [0.4, 0.5) is 0 Å². The first-order valence-corrected chi connectivity index (χ1v) is 9.89. The van der Waals surface area contributed by atoms with Gasteiger partial charge in [0.05, 0.1) is 23.2 Å². The van der Waals surface area contributed by atoms with E-state index in [1.807, 2.05) is 19.1 Å². The number of fused-ring (bicyclic) bond motifs is 1. The first-order valence-electron chi connectivity index (χ1n) is 9.89. The lowest BCUT2D eigenvalue weighted by Crippen LogP contribution is -2.22. The molecule has 0 fully saturated rings. The summed E-state index contributed by atoms with van der Waals surface area (Å²) in [6.07, 6.45) is 18.6. The largest absolute Gasteiger partial charge is 0.593 e. The second kappa shape index (κ2) is 12.0. The second-order valence-electron chi connectivity index (χ2n) is 6.72. The Bertz CT molecular complexity index is 1070.